The summed E-state index contributed by atoms with van der Waals surface area (Å²) in [6.45, 7) is 4.13. The molecule has 1 atom stereocenters. The summed E-state index contributed by atoms with van der Waals surface area (Å²) in [6, 6.07) is 11.6. The van der Waals surface area contributed by atoms with E-state index in [4.69, 9.17) is 0 Å². The Labute approximate surface area is 108 Å². The van der Waals surface area contributed by atoms with Crippen molar-refractivity contribution in [2.45, 2.75) is 26.3 Å². The van der Waals surface area contributed by atoms with Gasteiger partial charge in [0.15, 0.2) is 0 Å². The molecule has 0 bridgehead atoms. The first-order chi connectivity index (χ1) is 8.65. The number of pyridine rings is 1. The molecule has 3 nitrogen and oxygen atoms in total. The number of phenols is 1. The number of rotatable bonds is 4. The van der Waals surface area contributed by atoms with Crippen molar-refractivity contribution >= 4 is 5.69 Å². The number of aryl methyl sites for hydroxylation is 1. The molecule has 1 aromatic heterocycles. The number of anilines is 1. The van der Waals surface area contributed by atoms with Crippen molar-refractivity contribution in [3.8, 4) is 5.75 Å². The van der Waals surface area contributed by atoms with Gasteiger partial charge in [0.25, 0.3) is 0 Å². The molecule has 0 aliphatic heterocycles. The third-order valence-electron chi connectivity index (χ3n) is 2.89. The molecule has 0 saturated heterocycles. The van der Waals surface area contributed by atoms with Crippen LogP contribution in [0, 0.1) is 6.92 Å². The fourth-order valence-electron chi connectivity index (χ4n) is 1.94. The van der Waals surface area contributed by atoms with Gasteiger partial charge in [-0.3, -0.25) is 4.98 Å². The van der Waals surface area contributed by atoms with Crippen LogP contribution in [0.3, 0.4) is 0 Å². The molecule has 18 heavy (non-hydrogen) atoms. The lowest BCUT2D eigenvalue weighted by molar-refractivity contribution is 0.475. The minimum Gasteiger partial charge on any atom is -0.508 e. The highest BCUT2D eigenvalue weighted by Gasteiger charge is 2.05. The molecule has 0 fully saturated rings. The van der Waals surface area contributed by atoms with E-state index < -0.39 is 0 Å². The van der Waals surface area contributed by atoms with Gasteiger partial charge in [-0.05, 0) is 50.1 Å². The molecule has 0 spiro atoms. The molecule has 1 unspecified atom stereocenters. The van der Waals surface area contributed by atoms with Crippen molar-refractivity contribution in [3.05, 3.63) is 53.9 Å². The molecule has 0 aliphatic carbocycles. The van der Waals surface area contributed by atoms with Crippen LogP contribution in [0.1, 0.15) is 18.2 Å². The molecular weight excluding hydrogens is 224 g/mol. The predicted molar refractivity (Wildman–Crippen MR) is 73.9 cm³/mol. The van der Waals surface area contributed by atoms with E-state index >= 15 is 0 Å². The number of aromatic hydroxyl groups is 1. The van der Waals surface area contributed by atoms with E-state index in [0.29, 0.717) is 11.8 Å². The smallest absolute Gasteiger partial charge is 0.115 e. The largest absolute Gasteiger partial charge is 0.508 e. The van der Waals surface area contributed by atoms with Crippen molar-refractivity contribution in [1.29, 1.82) is 0 Å². The van der Waals surface area contributed by atoms with Crippen molar-refractivity contribution in [1.82, 2.24) is 4.98 Å². The molecule has 94 valence electrons. The van der Waals surface area contributed by atoms with Crippen LogP contribution in [0.4, 0.5) is 5.69 Å². The number of hydrogen-bond donors (Lipinski definition) is 2. The topological polar surface area (TPSA) is 45.2 Å². The van der Waals surface area contributed by atoms with Crippen molar-refractivity contribution in [2.24, 2.45) is 0 Å². The number of hydrogen-bond acceptors (Lipinski definition) is 3. The minimum atomic E-state index is 0.308. The standard InChI is InChI=1S/C15H18N2O/c1-11(10-13-5-7-14(18)8-6-13)17-15-4-3-9-16-12(15)2/h3-9,11,17-18H,10H2,1-2H3. The third kappa shape index (κ3) is 3.23. The second-order valence-electron chi connectivity index (χ2n) is 4.55. The van der Waals surface area contributed by atoms with Crippen LogP contribution in [0.5, 0.6) is 5.75 Å². The van der Waals surface area contributed by atoms with E-state index in [2.05, 4.69) is 17.2 Å². The maximum atomic E-state index is 9.24. The fourth-order valence-corrected chi connectivity index (χ4v) is 1.94. The summed E-state index contributed by atoms with van der Waals surface area (Å²) in [6.07, 6.45) is 2.71. The molecule has 0 aliphatic rings. The maximum absolute atomic E-state index is 9.24. The van der Waals surface area contributed by atoms with E-state index in [9.17, 15) is 5.11 Å². The SMILES string of the molecule is Cc1ncccc1NC(C)Cc1ccc(O)cc1. The van der Waals surface area contributed by atoms with Crippen LogP contribution in [-0.4, -0.2) is 16.1 Å². The summed E-state index contributed by atoms with van der Waals surface area (Å²) < 4.78 is 0. The lowest BCUT2D eigenvalue weighted by atomic mass is 10.1. The first kappa shape index (κ1) is 12.4. The highest BCUT2D eigenvalue weighted by molar-refractivity contribution is 5.47. The molecule has 0 radical (unpaired) electrons. The summed E-state index contributed by atoms with van der Waals surface area (Å²) in [5.41, 5.74) is 3.29. The summed E-state index contributed by atoms with van der Waals surface area (Å²) >= 11 is 0. The highest BCUT2D eigenvalue weighted by atomic mass is 16.3. The van der Waals surface area contributed by atoms with Crippen molar-refractivity contribution in [2.75, 3.05) is 5.32 Å². The van der Waals surface area contributed by atoms with Crippen LogP contribution >= 0.6 is 0 Å². The summed E-state index contributed by atoms with van der Waals surface area (Å²) in [4.78, 5) is 4.26. The van der Waals surface area contributed by atoms with E-state index in [1.54, 1.807) is 18.3 Å². The van der Waals surface area contributed by atoms with Crippen LogP contribution in [0.2, 0.25) is 0 Å². The zero-order valence-corrected chi connectivity index (χ0v) is 10.7. The molecule has 0 saturated carbocycles. The number of phenolic OH excluding ortho intramolecular Hbond substituents is 1. The fraction of sp³-hybridized carbons (Fsp3) is 0.267. The maximum Gasteiger partial charge on any atom is 0.115 e. The van der Waals surface area contributed by atoms with E-state index in [1.165, 1.54) is 5.56 Å². The number of nitrogens with one attached hydrogen (secondary N) is 1. The molecule has 2 N–H and O–H groups in total. The second kappa shape index (κ2) is 5.54. The van der Waals surface area contributed by atoms with Gasteiger partial charge in [-0.25, -0.2) is 0 Å². The molecule has 2 aromatic rings. The Hall–Kier alpha value is -2.03. The van der Waals surface area contributed by atoms with Gasteiger partial charge in [0.05, 0.1) is 11.4 Å². The molecule has 1 heterocycles. The monoisotopic (exact) mass is 242 g/mol. The average Bonchev–Trinajstić information content (AvgIpc) is 2.35. The van der Waals surface area contributed by atoms with Gasteiger partial charge in [-0.1, -0.05) is 12.1 Å². The van der Waals surface area contributed by atoms with E-state index in [1.807, 2.05) is 31.2 Å². The average molecular weight is 242 g/mol. The molecule has 2 rings (SSSR count). The Morgan fingerprint density at radius 3 is 2.61 bits per heavy atom. The van der Waals surface area contributed by atoms with Gasteiger partial charge < -0.3 is 10.4 Å². The summed E-state index contributed by atoms with van der Waals surface area (Å²) in [7, 11) is 0. The lowest BCUT2D eigenvalue weighted by Crippen LogP contribution is -2.18. The summed E-state index contributed by atoms with van der Waals surface area (Å²) in [5.74, 6) is 0.308. The number of benzene rings is 1. The second-order valence-corrected chi connectivity index (χ2v) is 4.55. The Kier molecular flexibility index (Phi) is 3.82. The summed E-state index contributed by atoms with van der Waals surface area (Å²) in [5, 5.41) is 12.7. The normalized spacial score (nSPS) is 12.1. The van der Waals surface area contributed by atoms with Gasteiger partial charge in [0, 0.05) is 12.2 Å². The van der Waals surface area contributed by atoms with Gasteiger partial charge in [-0.15, -0.1) is 0 Å². The quantitative estimate of drug-likeness (QED) is 0.865. The van der Waals surface area contributed by atoms with Crippen LogP contribution in [-0.2, 0) is 6.42 Å². The Balaban J connectivity index is 1.99. The van der Waals surface area contributed by atoms with Gasteiger partial charge in [0.2, 0.25) is 0 Å². The molecule has 0 amide bonds. The molecule has 1 aromatic carbocycles. The lowest BCUT2D eigenvalue weighted by Gasteiger charge is -2.16. The minimum absolute atomic E-state index is 0.308. The van der Waals surface area contributed by atoms with Crippen molar-refractivity contribution < 1.29 is 5.11 Å². The Morgan fingerprint density at radius 1 is 1.22 bits per heavy atom. The van der Waals surface area contributed by atoms with Gasteiger partial charge in [0.1, 0.15) is 5.75 Å². The highest BCUT2D eigenvalue weighted by Crippen LogP contribution is 2.15. The van der Waals surface area contributed by atoms with Crippen LogP contribution in [0.25, 0.3) is 0 Å². The predicted octanol–water partition coefficient (Wildman–Crippen LogP) is 3.14. The van der Waals surface area contributed by atoms with E-state index in [0.717, 1.165) is 17.8 Å². The Morgan fingerprint density at radius 2 is 1.94 bits per heavy atom. The van der Waals surface area contributed by atoms with Crippen LogP contribution < -0.4 is 5.32 Å². The van der Waals surface area contributed by atoms with Crippen LogP contribution in [0.15, 0.2) is 42.6 Å². The molecule has 3 heteroatoms. The zero-order chi connectivity index (χ0) is 13.0. The van der Waals surface area contributed by atoms with E-state index in [-0.39, 0.29) is 0 Å². The first-order valence-corrected chi connectivity index (χ1v) is 6.11. The number of nitrogens with zero attached hydrogens (tertiary/aromatic N) is 1. The first-order valence-electron chi connectivity index (χ1n) is 6.11. The molecular formula is C15H18N2O. The third-order valence-corrected chi connectivity index (χ3v) is 2.89. The van der Waals surface area contributed by atoms with Gasteiger partial charge >= 0.3 is 0 Å². The zero-order valence-electron chi connectivity index (χ0n) is 10.7. The Bertz CT molecular complexity index is 508. The van der Waals surface area contributed by atoms with Crippen molar-refractivity contribution in [3.63, 3.8) is 0 Å². The van der Waals surface area contributed by atoms with Gasteiger partial charge in [-0.2, -0.15) is 0 Å². The number of aromatic nitrogens is 1.